The number of aromatic nitrogens is 1. The van der Waals surface area contributed by atoms with Crippen molar-refractivity contribution in [2.45, 2.75) is 24.8 Å². The summed E-state index contributed by atoms with van der Waals surface area (Å²) >= 11 is 1.58. The van der Waals surface area contributed by atoms with E-state index in [2.05, 4.69) is 10.3 Å². The Labute approximate surface area is 138 Å². The molecular weight excluding hydrogens is 313 g/mol. The summed E-state index contributed by atoms with van der Waals surface area (Å²) in [5.74, 6) is 0.234. The number of nitrogens with zero attached hydrogens (tertiary/aromatic N) is 2. The van der Waals surface area contributed by atoms with E-state index in [1.165, 1.54) is 25.0 Å². The number of benzene rings is 1. The van der Waals surface area contributed by atoms with E-state index in [9.17, 15) is 9.18 Å². The lowest BCUT2D eigenvalue weighted by Crippen LogP contribution is -2.48. The lowest BCUT2D eigenvalue weighted by molar-refractivity contribution is 0.0628. The molecule has 1 aliphatic carbocycles. The maximum absolute atomic E-state index is 13.5. The van der Waals surface area contributed by atoms with Crippen LogP contribution in [0.4, 0.5) is 4.39 Å². The molecule has 6 heteroatoms. The molecule has 2 aromatic rings. The molecule has 0 radical (unpaired) electrons. The maximum Gasteiger partial charge on any atom is 0.273 e. The van der Waals surface area contributed by atoms with Crippen molar-refractivity contribution in [2.75, 3.05) is 19.6 Å². The zero-order valence-corrected chi connectivity index (χ0v) is 13.5. The minimum atomic E-state index is -0.273. The SMILES string of the molecule is O=C(c1csc(C2CC2)n1)N1CCNCC1c1cccc(F)c1. The predicted octanol–water partition coefficient (Wildman–Crippen LogP) is 2.95. The Morgan fingerprint density at radius 1 is 1.39 bits per heavy atom. The molecule has 2 heterocycles. The molecule has 1 saturated carbocycles. The fourth-order valence-electron chi connectivity index (χ4n) is 3.01. The second kappa shape index (κ2) is 6.02. The fraction of sp³-hybridized carbons (Fsp3) is 0.412. The van der Waals surface area contributed by atoms with Gasteiger partial charge < -0.3 is 10.2 Å². The van der Waals surface area contributed by atoms with Crippen LogP contribution in [-0.2, 0) is 0 Å². The first kappa shape index (κ1) is 14.8. The van der Waals surface area contributed by atoms with Crippen LogP contribution >= 0.6 is 11.3 Å². The Kier molecular flexibility index (Phi) is 3.87. The summed E-state index contributed by atoms with van der Waals surface area (Å²) in [6, 6.07) is 6.34. The van der Waals surface area contributed by atoms with Gasteiger partial charge >= 0.3 is 0 Å². The van der Waals surface area contributed by atoms with Gasteiger partial charge in [0.15, 0.2) is 0 Å². The molecule has 120 valence electrons. The number of rotatable bonds is 3. The highest BCUT2D eigenvalue weighted by Gasteiger charge is 2.32. The Bertz CT molecular complexity index is 728. The molecule has 4 rings (SSSR count). The third-order valence-corrected chi connectivity index (χ3v) is 5.41. The van der Waals surface area contributed by atoms with E-state index in [4.69, 9.17) is 0 Å². The van der Waals surface area contributed by atoms with Crippen molar-refractivity contribution in [1.29, 1.82) is 0 Å². The maximum atomic E-state index is 13.5. The number of amides is 1. The van der Waals surface area contributed by atoms with Crippen molar-refractivity contribution in [1.82, 2.24) is 15.2 Å². The number of carbonyl (C=O) groups is 1. The molecule has 1 aliphatic heterocycles. The van der Waals surface area contributed by atoms with Crippen LogP contribution in [0.3, 0.4) is 0 Å². The van der Waals surface area contributed by atoms with E-state index in [1.807, 2.05) is 16.3 Å². The van der Waals surface area contributed by atoms with Crippen molar-refractivity contribution in [3.8, 4) is 0 Å². The van der Waals surface area contributed by atoms with Crippen molar-refractivity contribution >= 4 is 17.2 Å². The smallest absolute Gasteiger partial charge is 0.273 e. The van der Waals surface area contributed by atoms with Gasteiger partial charge in [0.25, 0.3) is 5.91 Å². The first-order chi connectivity index (χ1) is 11.2. The summed E-state index contributed by atoms with van der Waals surface area (Å²) in [6.07, 6.45) is 2.36. The minimum absolute atomic E-state index is 0.0519. The van der Waals surface area contributed by atoms with Crippen molar-refractivity contribution < 1.29 is 9.18 Å². The first-order valence-electron chi connectivity index (χ1n) is 7.95. The van der Waals surface area contributed by atoms with Crippen LogP contribution < -0.4 is 5.32 Å². The van der Waals surface area contributed by atoms with E-state index in [0.29, 0.717) is 24.7 Å². The Morgan fingerprint density at radius 2 is 2.26 bits per heavy atom. The molecule has 23 heavy (non-hydrogen) atoms. The average Bonchev–Trinajstić information content (AvgIpc) is 3.31. The van der Waals surface area contributed by atoms with Crippen LogP contribution in [0.1, 0.15) is 45.9 Å². The van der Waals surface area contributed by atoms with Crippen molar-refractivity contribution in [2.24, 2.45) is 0 Å². The third kappa shape index (κ3) is 3.01. The number of piperazine rings is 1. The van der Waals surface area contributed by atoms with Gasteiger partial charge in [-0.3, -0.25) is 4.79 Å². The van der Waals surface area contributed by atoms with E-state index >= 15 is 0 Å². The highest BCUT2D eigenvalue weighted by molar-refractivity contribution is 7.10. The third-order valence-electron chi connectivity index (χ3n) is 4.41. The number of nitrogens with one attached hydrogen (secondary N) is 1. The highest BCUT2D eigenvalue weighted by atomic mass is 32.1. The standard InChI is InChI=1S/C17H18FN3OS/c18-13-3-1-2-12(8-13)15-9-19-6-7-21(15)17(22)14-10-23-16(20-14)11-4-5-11/h1-3,8,10-11,15,19H,4-7,9H2. The molecule has 1 saturated heterocycles. The summed E-state index contributed by atoms with van der Waals surface area (Å²) in [4.78, 5) is 19.2. The Morgan fingerprint density at radius 3 is 3.04 bits per heavy atom. The van der Waals surface area contributed by atoms with E-state index in [0.717, 1.165) is 17.1 Å². The molecule has 0 spiro atoms. The van der Waals surface area contributed by atoms with Crippen LogP contribution in [-0.4, -0.2) is 35.4 Å². The summed E-state index contributed by atoms with van der Waals surface area (Å²) in [5, 5.41) is 6.22. The van der Waals surface area contributed by atoms with Gasteiger partial charge in [-0.25, -0.2) is 9.37 Å². The van der Waals surface area contributed by atoms with Gasteiger partial charge in [0.2, 0.25) is 0 Å². The number of hydrogen-bond acceptors (Lipinski definition) is 4. The Hall–Kier alpha value is -1.79. The normalized spacial score (nSPS) is 21.4. The van der Waals surface area contributed by atoms with Crippen LogP contribution in [0.25, 0.3) is 0 Å². The van der Waals surface area contributed by atoms with Crippen LogP contribution in [0.2, 0.25) is 0 Å². The number of hydrogen-bond donors (Lipinski definition) is 1. The first-order valence-corrected chi connectivity index (χ1v) is 8.83. The van der Waals surface area contributed by atoms with Gasteiger partial charge in [-0.1, -0.05) is 12.1 Å². The van der Waals surface area contributed by atoms with Gasteiger partial charge in [0.05, 0.1) is 11.0 Å². The second-order valence-electron chi connectivity index (χ2n) is 6.12. The van der Waals surface area contributed by atoms with Gasteiger partial charge in [-0.2, -0.15) is 0 Å². The zero-order chi connectivity index (χ0) is 15.8. The van der Waals surface area contributed by atoms with E-state index < -0.39 is 0 Å². The van der Waals surface area contributed by atoms with Crippen molar-refractivity contribution in [3.63, 3.8) is 0 Å². The van der Waals surface area contributed by atoms with Crippen molar-refractivity contribution in [3.05, 3.63) is 51.7 Å². The number of halogens is 1. The van der Waals surface area contributed by atoms with Gasteiger partial charge in [-0.05, 0) is 30.5 Å². The molecule has 1 aromatic heterocycles. The minimum Gasteiger partial charge on any atom is -0.328 e. The quantitative estimate of drug-likeness (QED) is 0.940. The van der Waals surface area contributed by atoms with Gasteiger partial charge in [-0.15, -0.1) is 11.3 Å². The number of thiazole rings is 1. The fourth-order valence-corrected chi connectivity index (χ4v) is 3.97. The molecule has 4 nitrogen and oxygen atoms in total. The summed E-state index contributed by atoms with van der Waals surface area (Å²) < 4.78 is 13.5. The monoisotopic (exact) mass is 331 g/mol. The molecule has 1 atom stereocenters. The zero-order valence-electron chi connectivity index (χ0n) is 12.7. The molecular formula is C17H18FN3OS. The van der Waals surface area contributed by atoms with Crippen LogP contribution in [0.5, 0.6) is 0 Å². The van der Waals surface area contributed by atoms with Crippen LogP contribution in [0, 0.1) is 5.82 Å². The molecule has 2 fully saturated rings. The summed E-state index contributed by atoms with van der Waals surface area (Å²) in [6.45, 7) is 1.99. The topological polar surface area (TPSA) is 45.2 Å². The molecule has 1 amide bonds. The second-order valence-corrected chi connectivity index (χ2v) is 7.01. The van der Waals surface area contributed by atoms with E-state index in [-0.39, 0.29) is 17.8 Å². The number of carbonyl (C=O) groups excluding carboxylic acids is 1. The average molecular weight is 331 g/mol. The Balaban J connectivity index is 1.59. The lowest BCUT2D eigenvalue weighted by Gasteiger charge is -2.36. The molecule has 0 bridgehead atoms. The molecule has 1 aromatic carbocycles. The van der Waals surface area contributed by atoms with Gasteiger partial charge in [0, 0.05) is 30.9 Å². The van der Waals surface area contributed by atoms with E-state index in [1.54, 1.807) is 17.4 Å². The lowest BCUT2D eigenvalue weighted by atomic mass is 10.0. The van der Waals surface area contributed by atoms with Crippen LogP contribution in [0.15, 0.2) is 29.6 Å². The molecule has 1 N–H and O–H groups in total. The largest absolute Gasteiger partial charge is 0.328 e. The van der Waals surface area contributed by atoms with Gasteiger partial charge in [0.1, 0.15) is 11.5 Å². The molecule has 2 aliphatic rings. The molecule has 1 unspecified atom stereocenters. The highest BCUT2D eigenvalue weighted by Crippen LogP contribution is 2.41. The summed E-state index contributed by atoms with van der Waals surface area (Å²) in [7, 11) is 0. The predicted molar refractivity (Wildman–Crippen MR) is 87.1 cm³/mol. The summed E-state index contributed by atoms with van der Waals surface area (Å²) in [5.41, 5.74) is 1.35.